The van der Waals surface area contributed by atoms with E-state index >= 15 is 0 Å². The van der Waals surface area contributed by atoms with Crippen LogP contribution in [0.1, 0.15) is 11.3 Å². The summed E-state index contributed by atoms with van der Waals surface area (Å²) in [5, 5.41) is 15.3. The first-order valence-electron chi connectivity index (χ1n) is 9.88. The highest BCUT2D eigenvalue weighted by Crippen LogP contribution is 2.40. The van der Waals surface area contributed by atoms with Gasteiger partial charge in [0.25, 0.3) is 0 Å². The predicted molar refractivity (Wildman–Crippen MR) is 128 cm³/mol. The van der Waals surface area contributed by atoms with Crippen molar-refractivity contribution in [1.29, 1.82) is 5.26 Å². The van der Waals surface area contributed by atoms with Gasteiger partial charge in [-0.1, -0.05) is 42.8 Å². The van der Waals surface area contributed by atoms with Gasteiger partial charge in [0, 0.05) is 22.2 Å². The number of hydrogen-bond acceptors (Lipinski definition) is 5. The molecule has 1 amide bonds. The van der Waals surface area contributed by atoms with E-state index < -0.39 is 25.9 Å². The summed E-state index contributed by atoms with van der Waals surface area (Å²) in [6.07, 6.45) is -4.16. The van der Waals surface area contributed by atoms with Crippen LogP contribution < -0.4 is 5.32 Å². The van der Waals surface area contributed by atoms with E-state index in [0.29, 0.717) is 12.1 Å². The third kappa shape index (κ3) is 7.12. The van der Waals surface area contributed by atoms with E-state index in [4.69, 9.17) is 27.9 Å². The molecule has 0 radical (unpaired) electrons. The molecule has 14 heteroatoms. The van der Waals surface area contributed by atoms with E-state index in [9.17, 15) is 23.2 Å². The largest absolute Gasteiger partial charge is 0.450 e. The minimum atomic E-state index is -4.67. The number of carbonyl (C=O) groups is 1. The fourth-order valence-electron chi connectivity index (χ4n) is 2.57. The molecule has 0 bridgehead atoms. The summed E-state index contributed by atoms with van der Waals surface area (Å²) in [5.74, 6) is -0.0871. The maximum absolute atomic E-state index is 13.1. The molecule has 2 rings (SSSR count). The molecule has 1 aromatic carbocycles. The lowest BCUT2D eigenvalue weighted by Crippen LogP contribution is -2.24. The van der Waals surface area contributed by atoms with Gasteiger partial charge < -0.3 is 9.64 Å². The molecule has 1 N–H and O–H groups in total. The number of aromatic nitrogens is 2. The lowest BCUT2D eigenvalue weighted by atomic mass is 10.2. The molecule has 34 heavy (non-hydrogen) atoms. The first-order chi connectivity index (χ1) is 15.6. The van der Waals surface area contributed by atoms with Gasteiger partial charge in [-0.05, 0) is 18.2 Å². The van der Waals surface area contributed by atoms with Crippen LogP contribution in [0.25, 0.3) is 5.69 Å². The molecule has 1 aromatic heterocycles. The van der Waals surface area contributed by atoms with Gasteiger partial charge in [-0.25, -0.2) is 14.5 Å². The first-order valence-corrected chi connectivity index (χ1v) is 14.3. The molecule has 8 nitrogen and oxygen atoms in total. The topological polar surface area (TPSA) is 95.5 Å². The smallest absolute Gasteiger partial charge is 0.416 e. The minimum absolute atomic E-state index is 0.0871. The van der Waals surface area contributed by atoms with Crippen molar-refractivity contribution in [3.05, 3.63) is 33.4 Å². The number of nitrogens with one attached hydrogen (secondary N) is 1. The third-order valence-corrected chi connectivity index (χ3v) is 6.53. The average Bonchev–Trinajstić information content (AvgIpc) is 3.01. The van der Waals surface area contributed by atoms with Gasteiger partial charge >= 0.3 is 12.3 Å². The monoisotopic (exact) mass is 534 g/mol. The Morgan fingerprint density at radius 3 is 2.38 bits per heavy atom. The summed E-state index contributed by atoms with van der Waals surface area (Å²) in [7, 11) is 1.89. The number of ether oxygens (including phenoxy) is 1. The number of nitriles is 1. The number of rotatable bonds is 7. The van der Waals surface area contributed by atoms with Gasteiger partial charge in [-0.15, -0.1) is 0 Å². The molecule has 0 atom stereocenters. The quantitative estimate of drug-likeness (QED) is 0.260. The summed E-state index contributed by atoms with van der Waals surface area (Å²) in [6, 6.07) is 3.93. The van der Waals surface area contributed by atoms with Crippen LogP contribution >= 0.6 is 23.2 Å². The fourth-order valence-corrected chi connectivity index (χ4v) is 3.93. The number of halogens is 5. The predicted octanol–water partition coefficient (Wildman–Crippen LogP) is 6.18. The summed E-state index contributed by atoms with van der Waals surface area (Å²) in [6.45, 7) is 6.55. The zero-order valence-electron chi connectivity index (χ0n) is 19.1. The van der Waals surface area contributed by atoms with Crippen molar-refractivity contribution in [1.82, 2.24) is 14.7 Å². The van der Waals surface area contributed by atoms with E-state index in [2.05, 4.69) is 35.0 Å². The van der Waals surface area contributed by atoms with Crippen LogP contribution in [0, 0.1) is 11.3 Å². The molecule has 0 aliphatic rings. The Morgan fingerprint density at radius 1 is 1.32 bits per heavy atom. The molecule has 0 saturated heterocycles. The van der Waals surface area contributed by atoms with Gasteiger partial charge in [-0.3, -0.25) is 5.32 Å². The minimum Gasteiger partial charge on any atom is -0.450 e. The molecule has 0 spiro atoms. The summed E-state index contributed by atoms with van der Waals surface area (Å²) >= 11 is 12.3. The van der Waals surface area contributed by atoms with E-state index in [0.717, 1.165) is 10.7 Å². The average molecular weight is 535 g/mol. The number of alkyl halides is 3. The number of hydrogen-bond donors (Lipinski definition) is 1. The van der Waals surface area contributed by atoms with E-state index in [1.807, 2.05) is 6.07 Å². The van der Waals surface area contributed by atoms with Crippen LogP contribution in [0.2, 0.25) is 35.7 Å². The van der Waals surface area contributed by atoms with Crippen molar-refractivity contribution in [2.75, 3.05) is 26.0 Å². The second-order valence-electron chi connectivity index (χ2n) is 8.64. The Bertz CT molecular complexity index is 1110. The maximum atomic E-state index is 13.1. The maximum Gasteiger partial charge on any atom is 0.416 e. The van der Waals surface area contributed by atoms with Crippen molar-refractivity contribution in [2.45, 2.75) is 31.9 Å². The molecule has 2 aromatic rings. The molecule has 1 heterocycles. The molecule has 0 aliphatic heterocycles. The summed E-state index contributed by atoms with van der Waals surface area (Å²) in [5.41, 5.74) is -1.56. The van der Waals surface area contributed by atoms with Gasteiger partial charge in [0.1, 0.15) is 17.4 Å². The highest BCUT2D eigenvalue weighted by Gasteiger charge is 2.33. The summed E-state index contributed by atoms with van der Waals surface area (Å²) in [4.78, 5) is 18.2. The zero-order chi connectivity index (χ0) is 25.8. The molecule has 0 saturated carbocycles. The number of benzene rings is 1. The van der Waals surface area contributed by atoms with Crippen LogP contribution in [0.3, 0.4) is 0 Å². The Labute approximate surface area is 205 Å². The zero-order valence-corrected chi connectivity index (χ0v) is 21.6. The van der Waals surface area contributed by atoms with Crippen molar-refractivity contribution >= 4 is 55.2 Å². The van der Waals surface area contributed by atoms with E-state index in [-0.39, 0.29) is 39.5 Å². The van der Waals surface area contributed by atoms with Crippen molar-refractivity contribution in [3.63, 3.8) is 0 Å². The third-order valence-electron chi connectivity index (χ3n) is 4.25. The van der Waals surface area contributed by atoms with Crippen LogP contribution in [-0.2, 0) is 10.9 Å². The molecular formula is C20H23Cl2F3N6O2Si. The van der Waals surface area contributed by atoms with Crippen LogP contribution in [0.4, 0.5) is 29.5 Å². The second-order valence-corrected chi connectivity index (χ2v) is 15.1. The first kappa shape index (κ1) is 27.5. The van der Waals surface area contributed by atoms with Gasteiger partial charge in [-0.2, -0.15) is 23.5 Å². The number of nitrogens with zero attached hydrogens (tertiary/aromatic N) is 5. The van der Waals surface area contributed by atoms with Gasteiger partial charge in [0.15, 0.2) is 11.5 Å². The van der Waals surface area contributed by atoms with E-state index in [1.54, 1.807) is 19.0 Å². The number of anilines is 1. The highest BCUT2D eigenvalue weighted by molar-refractivity contribution is 6.76. The fraction of sp³-hybridized carbons (Fsp3) is 0.400. The second kappa shape index (κ2) is 10.7. The highest BCUT2D eigenvalue weighted by atomic mass is 35.5. The van der Waals surface area contributed by atoms with Crippen LogP contribution in [-0.4, -0.2) is 55.9 Å². The molecule has 184 valence electrons. The Balaban J connectivity index is 2.58. The van der Waals surface area contributed by atoms with Crippen LogP contribution in [0.15, 0.2) is 17.1 Å². The lowest BCUT2D eigenvalue weighted by Gasteiger charge is -2.15. The van der Waals surface area contributed by atoms with E-state index in [1.165, 1.54) is 6.34 Å². The SMILES string of the molecule is CN(C)C=Nc1c(NC(=O)OCC[Si](C)(C)C)c(C#N)nn1-c1c(Cl)cc(C(F)(F)F)cc1Cl. The number of carbonyl (C=O) groups excluding carboxylic acids is 1. The van der Waals surface area contributed by atoms with Crippen molar-refractivity contribution in [3.8, 4) is 11.8 Å². The van der Waals surface area contributed by atoms with Gasteiger partial charge in [0.05, 0.1) is 28.6 Å². The lowest BCUT2D eigenvalue weighted by molar-refractivity contribution is -0.137. The number of aliphatic imine (C=N–C) groups is 1. The van der Waals surface area contributed by atoms with Crippen molar-refractivity contribution < 1.29 is 22.7 Å². The summed E-state index contributed by atoms with van der Waals surface area (Å²) < 4.78 is 45.6. The normalized spacial score (nSPS) is 12.0. The molecule has 0 fully saturated rings. The standard InChI is InChI=1S/C20H23Cl2F3N6O2Si/c1-30(2)11-27-18-16(28-19(32)33-6-7-34(3,4)5)15(10-26)29-31(18)17-13(21)8-12(9-14(17)22)20(23,24)25/h8-9,11H,6-7H2,1-5H3,(H,28,32). The Kier molecular flexibility index (Phi) is 8.63. The number of amides is 1. The van der Waals surface area contributed by atoms with Crippen LogP contribution in [0.5, 0.6) is 0 Å². The van der Waals surface area contributed by atoms with Gasteiger partial charge in [0.2, 0.25) is 0 Å². The molecule has 0 aliphatic carbocycles. The Morgan fingerprint density at radius 2 is 1.91 bits per heavy atom. The molecule has 0 unspecified atom stereocenters. The van der Waals surface area contributed by atoms with Crippen molar-refractivity contribution in [2.24, 2.45) is 4.99 Å². The Hall–Kier alpha value is -2.75. The molecular weight excluding hydrogens is 512 g/mol.